The Balaban J connectivity index is 2.88. The van der Waals surface area contributed by atoms with E-state index in [9.17, 15) is 0 Å². The average molecular weight is 231 g/mol. The number of nitrogens with zero attached hydrogens (tertiary/aromatic N) is 1. The molecular weight excluding hydrogens is 202 g/mol. The summed E-state index contributed by atoms with van der Waals surface area (Å²) in [6.07, 6.45) is 5.95. The Labute approximate surface area is 101 Å². The van der Waals surface area contributed by atoms with Gasteiger partial charge in [0.1, 0.15) is 0 Å². The molecule has 98 valence electrons. The van der Waals surface area contributed by atoms with Crippen LogP contribution >= 0.6 is 0 Å². The number of ether oxygens (including phenoxy) is 2. The molecular formula is C13H29NO2. The van der Waals surface area contributed by atoms with Crippen molar-refractivity contribution in [2.24, 2.45) is 0 Å². The van der Waals surface area contributed by atoms with Crippen molar-refractivity contribution in [3.05, 3.63) is 0 Å². The maximum Gasteiger partial charge on any atom is 0.0593 e. The predicted octanol–water partition coefficient (Wildman–Crippen LogP) is 2.55. The molecule has 0 bridgehead atoms. The van der Waals surface area contributed by atoms with Crippen LogP contribution in [0.3, 0.4) is 0 Å². The summed E-state index contributed by atoms with van der Waals surface area (Å²) < 4.78 is 11.0. The molecule has 0 atom stereocenters. The van der Waals surface area contributed by atoms with Gasteiger partial charge in [0.15, 0.2) is 0 Å². The molecule has 0 aliphatic heterocycles. The van der Waals surface area contributed by atoms with Crippen molar-refractivity contribution in [2.75, 3.05) is 47.1 Å². The van der Waals surface area contributed by atoms with E-state index in [0.29, 0.717) is 0 Å². The van der Waals surface area contributed by atoms with Gasteiger partial charge < -0.3 is 14.4 Å². The van der Waals surface area contributed by atoms with Gasteiger partial charge in [-0.2, -0.15) is 0 Å². The standard InChI is InChI=1S/C13H29NO2/c1-4-5-10-15-11-7-6-8-12-16-13-9-14(2)3/h4-13H2,1-3H3. The summed E-state index contributed by atoms with van der Waals surface area (Å²) in [7, 11) is 4.13. The molecule has 0 spiro atoms. The Hall–Kier alpha value is -0.120. The Kier molecular flexibility index (Phi) is 12.9. The largest absolute Gasteiger partial charge is 0.381 e. The average Bonchev–Trinajstić information content (AvgIpc) is 2.25. The summed E-state index contributed by atoms with van der Waals surface area (Å²) in [5.74, 6) is 0. The summed E-state index contributed by atoms with van der Waals surface area (Å²) >= 11 is 0. The highest BCUT2D eigenvalue weighted by Gasteiger charge is 1.93. The first-order valence-corrected chi connectivity index (χ1v) is 6.57. The first-order chi connectivity index (χ1) is 7.77. The molecule has 0 rings (SSSR count). The van der Waals surface area contributed by atoms with Crippen LogP contribution in [0.2, 0.25) is 0 Å². The second-order valence-electron chi connectivity index (χ2n) is 4.44. The number of hydrogen-bond acceptors (Lipinski definition) is 3. The van der Waals surface area contributed by atoms with Gasteiger partial charge in [0.25, 0.3) is 0 Å². The highest BCUT2D eigenvalue weighted by molar-refractivity contribution is 4.43. The van der Waals surface area contributed by atoms with Crippen molar-refractivity contribution in [3.8, 4) is 0 Å². The minimum absolute atomic E-state index is 0.847. The van der Waals surface area contributed by atoms with Crippen molar-refractivity contribution in [3.63, 3.8) is 0 Å². The van der Waals surface area contributed by atoms with Gasteiger partial charge in [0, 0.05) is 26.4 Å². The first kappa shape index (κ1) is 15.9. The third-order valence-electron chi connectivity index (χ3n) is 2.40. The third kappa shape index (κ3) is 13.9. The Morgan fingerprint density at radius 2 is 1.31 bits per heavy atom. The van der Waals surface area contributed by atoms with Crippen LogP contribution < -0.4 is 0 Å². The quantitative estimate of drug-likeness (QED) is 0.482. The molecule has 0 unspecified atom stereocenters. The zero-order valence-corrected chi connectivity index (χ0v) is 11.3. The molecule has 0 radical (unpaired) electrons. The van der Waals surface area contributed by atoms with Crippen molar-refractivity contribution in [2.45, 2.75) is 39.0 Å². The van der Waals surface area contributed by atoms with E-state index in [4.69, 9.17) is 9.47 Å². The number of rotatable bonds is 12. The van der Waals surface area contributed by atoms with Crippen molar-refractivity contribution < 1.29 is 9.47 Å². The second kappa shape index (κ2) is 12.9. The lowest BCUT2D eigenvalue weighted by Crippen LogP contribution is -2.18. The summed E-state index contributed by atoms with van der Waals surface area (Å²) in [5, 5.41) is 0. The zero-order valence-electron chi connectivity index (χ0n) is 11.3. The van der Waals surface area contributed by atoms with Crippen molar-refractivity contribution >= 4 is 0 Å². The fourth-order valence-electron chi connectivity index (χ4n) is 1.28. The van der Waals surface area contributed by atoms with Crippen molar-refractivity contribution in [1.82, 2.24) is 4.90 Å². The zero-order chi connectivity index (χ0) is 12.1. The molecule has 0 saturated heterocycles. The maximum atomic E-state index is 5.51. The van der Waals surface area contributed by atoms with E-state index in [2.05, 4.69) is 25.9 Å². The van der Waals surface area contributed by atoms with Crippen LogP contribution in [0.4, 0.5) is 0 Å². The molecule has 0 saturated carbocycles. The maximum absolute atomic E-state index is 5.51. The Bertz CT molecular complexity index is 129. The predicted molar refractivity (Wildman–Crippen MR) is 69.0 cm³/mol. The molecule has 0 aromatic carbocycles. The van der Waals surface area contributed by atoms with Crippen LogP contribution in [-0.2, 0) is 9.47 Å². The van der Waals surface area contributed by atoms with E-state index in [0.717, 1.165) is 39.4 Å². The van der Waals surface area contributed by atoms with E-state index in [-0.39, 0.29) is 0 Å². The first-order valence-electron chi connectivity index (χ1n) is 6.57. The SMILES string of the molecule is CCCCOCCCCCOCCN(C)C. The molecule has 3 heteroatoms. The van der Waals surface area contributed by atoms with Gasteiger partial charge >= 0.3 is 0 Å². The van der Waals surface area contributed by atoms with E-state index < -0.39 is 0 Å². The van der Waals surface area contributed by atoms with Crippen LogP contribution in [0.15, 0.2) is 0 Å². The topological polar surface area (TPSA) is 21.7 Å². The molecule has 0 aliphatic rings. The second-order valence-corrected chi connectivity index (χ2v) is 4.44. The van der Waals surface area contributed by atoms with Gasteiger partial charge in [-0.1, -0.05) is 13.3 Å². The van der Waals surface area contributed by atoms with E-state index in [1.54, 1.807) is 0 Å². The molecule has 0 aliphatic carbocycles. The monoisotopic (exact) mass is 231 g/mol. The summed E-state index contributed by atoms with van der Waals surface area (Å²) in [5.41, 5.74) is 0. The number of unbranched alkanes of at least 4 members (excludes halogenated alkanes) is 3. The summed E-state index contributed by atoms with van der Waals surface area (Å²) in [6.45, 7) is 6.78. The molecule has 3 nitrogen and oxygen atoms in total. The molecule has 0 aromatic heterocycles. The normalized spacial score (nSPS) is 11.2. The van der Waals surface area contributed by atoms with Crippen molar-refractivity contribution in [1.29, 1.82) is 0 Å². The molecule has 0 fully saturated rings. The van der Waals surface area contributed by atoms with Crippen LogP contribution in [0.5, 0.6) is 0 Å². The van der Waals surface area contributed by atoms with Gasteiger partial charge in [-0.05, 0) is 39.8 Å². The van der Waals surface area contributed by atoms with Gasteiger partial charge in [0.2, 0.25) is 0 Å². The fraction of sp³-hybridized carbons (Fsp3) is 1.00. The van der Waals surface area contributed by atoms with Crippen LogP contribution in [-0.4, -0.2) is 52.0 Å². The van der Waals surface area contributed by atoms with Crippen LogP contribution in [0.25, 0.3) is 0 Å². The van der Waals surface area contributed by atoms with E-state index >= 15 is 0 Å². The summed E-state index contributed by atoms with van der Waals surface area (Å²) in [4.78, 5) is 2.14. The smallest absolute Gasteiger partial charge is 0.0593 e. The molecule has 0 amide bonds. The summed E-state index contributed by atoms with van der Waals surface area (Å²) in [6, 6.07) is 0. The lowest BCUT2D eigenvalue weighted by molar-refractivity contribution is 0.105. The molecule has 0 N–H and O–H groups in total. The molecule has 16 heavy (non-hydrogen) atoms. The highest BCUT2D eigenvalue weighted by atomic mass is 16.5. The van der Waals surface area contributed by atoms with Gasteiger partial charge in [-0.15, -0.1) is 0 Å². The lowest BCUT2D eigenvalue weighted by atomic mass is 10.2. The van der Waals surface area contributed by atoms with Gasteiger partial charge in [0.05, 0.1) is 6.61 Å². The molecule has 0 aromatic rings. The minimum atomic E-state index is 0.847. The highest BCUT2D eigenvalue weighted by Crippen LogP contribution is 1.97. The molecule has 0 heterocycles. The number of likely N-dealkylation sites (N-methyl/N-ethyl adjacent to an activating group) is 1. The van der Waals surface area contributed by atoms with E-state index in [1.165, 1.54) is 25.7 Å². The lowest BCUT2D eigenvalue weighted by Gasteiger charge is -2.09. The number of hydrogen-bond donors (Lipinski definition) is 0. The van der Waals surface area contributed by atoms with Gasteiger partial charge in [-0.25, -0.2) is 0 Å². The van der Waals surface area contributed by atoms with Gasteiger partial charge in [-0.3, -0.25) is 0 Å². The third-order valence-corrected chi connectivity index (χ3v) is 2.40. The minimum Gasteiger partial charge on any atom is -0.381 e. The van der Waals surface area contributed by atoms with E-state index in [1.807, 2.05) is 0 Å². The fourth-order valence-corrected chi connectivity index (χ4v) is 1.28. The van der Waals surface area contributed by atoms with Crippen LogP contribution in [0, 0.1) is 0 Å². The van der Waals surface area contributed by atoms with Crippen LogP contribution in [0.1, 0.15) is 39.0 Å². The Morgan fingerprint density at radius 1 is 0.750 bits per heavy atom. The Morgan fingerprint density at radius 3 is 1.88 bits per heavy atom.